The van der Waals surface area contributed by atoms with Crippen LogP contribution in [-0.4, -0.2) is 22.9 Å². The monoisotopic (exact) mass is 537 g/mol. The van der Waals surface area contributed by atoms with Crippen molar-refractivity contribution in [1.82, 2.24) is 15.1 Å². The third-order valence-electron chi connectivity index (χ3n) is 6.28. The van der Waals surface area contributed by atoms with Gasteiger partial charge in [-0.2, -0.15) is 5.10 Å². The van der Waals surface area contributed by atoms with Crippen molar-refractivity contribution < 1.29 is 4.74 Å². The van der Waals surface area contributed by atoms with Gasteiger partial charge in [0.15, 0.2) is 0 Å². The number of halogens is 3. The minimum Gasteiger partial charge on any atom is -0.489 e. The summed E-state index contributed by atoms with van der Waals surface area (Å²) in [6, 6.07) is 23.5. The zero-order valence-corrected chi connectivity index (χ0v) is 21.9. The summed E-state index contributed by atoms with van der Waals surface area (Å²) in [6.45, 7) is 2.48. The van der Waals surface area contributed by atoms with E-state index in [1.807, 2.05) is 65.3 Å². The highest BCUT2D eigenvalue weighted by Gasteiger charge is 2.20. The van der Waals surface area contributed by atoms with E-state index >= 15 is 0 Å². The normalized spacial score (nSPS) is 14.4. The second-order valence-electron chi connectivity index (χ2n) is 8.85. The quantitative estimate of drug-likeness (QED) is 0.259. The van der Waals surface area contributed by atoms with Crippen LogP contribution in [0, 0.1) is 0 Å². The minimum absolute atomic E-state index is 0.421. The van der Waals surface area contributed by atoms with Crippen molar-refractivity contribution in [2.24, 2.45) is 0 Å². The first-order chi connectivity index (χ1) is 17.5. The third-order valence-corrected chi connectivity index (χ3v) is 7.26. The van der Waals surface area contributed by atoms with Crippen molar-refractivity contribution >= 4 is 47.0 Å². The summed E-state index contributed by atoms with van der Waals surface area (Å²) in [4.78, 5) is 0. The largest absolute Gasteiger partial charge is 0.489 e. The van der Waals surface area contributed by atoms with Gasteiger partial charge in [-0.25, -0.2) is 4.68 Å². The second-order valence-corrected chi connectivity index (χ2v) is 10.1. The van der Waals surface area contributed by atoms with Gasteiger partial charge >= 0.3 is 0 Å². The smallest absolute Gasteiger partial charge is 0.119 e. The number of nitrogens with zero attached hydrogens (tertiary/aromatic N) is 2. The van der Waals surface area contributed by atoms with Gasteiger partial charge in [0.2, 0.25) is 0 Å². The van der Waals surface area contributed by atoms with Crippen molar-refractivity contribution in [2.75, 3.05) is 13.1 Å². The lowest BCUT2D eigenvalue weighted by molar-refractivity contribution is 0.306. The van der Waals surface area contributed by atoms with Gasteiger partial charge in [-0.3, -0.25) is 0 Å². The van der Waals surface area contributed by atoms with E-state index < -0.39 is 0 Å². The van der Waals surface area contributed by atoms with E-state index in [-0.39, 0.29) is 0 Å². The summed E-state index contributed by atoms with van der Waals surface area (Å²) in [5.41, 5.74) is 5.13. The van der Waals surface area contributed by atoms with Crippen LogP contribution in [0.15, 0.2) is 72.8 Å². The first kappa shape index (κ1) is 24.9. The Balaban J connectivity index is 1.33. The highest BCUT2D eigenvalue weighted by molar-refractivity contribution is 6.42. The van der Waals surface area contributed by atoms with E-state index in [1.54, 1.807) is 6.07 Å². The van der Waals surface area contributed by atoms with Gasteiger partial charge in [0.25, 0.3) is 0 Å². The molecule has 7 heteroatoms. The van der Waals surface area contributed by atoms with Crippen molar-refractivity contribution in [3.63, 3.8) is 0 Å². The summed E-state index contributed by atoms with van der Waals surface area (Å²) < 4.78 is 7.89. The van der Waals surface area contributed by atoms with Gasteiger partial charge in [-0.15, -0.1) is 0 Å². The highest BCUT2D eigenvalue weighted by atomic mass is 35.5. The van der Waals surface area contributed by atoms with Crippen molar-refractivity contribution in [1.29, 1.82) is 0 Å². The van der Waals surface area contributed by atoms with E-state index in [4.69, 9.17) is 44.6 Å². The Morgan fingerprint density at radius 1 is 0.889 bits per heavy atom. The lowest BCUT2D eigenvalue weighted by Crippen LogP contribution is -2.26. The Labute approximate surface area is 226 Å². The molecule has 1 fully saturated rings. The van der Waals surface area contributed by atoms with Crippen molar-refractivity contribution in [3.8, 4) is 11.4 Å². The minimum atomic E-state index is 0.421. The first-order valence-corrected chi connectivity index (χ1v) is 13.1. The molecular weight excluding hydrogens is 513 g/mol. The molecule has 0 saturated carbocycles. The molecule has 1 aromatic heterocycles. The molecule has 0 radical (unpaired) electrons. The summed E-state index contributed by atoms with van der Waals surface area (Å²) in [5.74, 6) is 1.25. The molecule has 184 valence electrons. The van der Waals surface area contributed by atoms with Gasteiger partial charge < -0.3 is 10.1 Å². The molecule has 2 heterocycles. The molecule has 1 aliphatic heterocycles. The zero-order valence-electron chi connectivity index (χ0n) is 19.6. The van der Waals surface area contributed by atoms with Crippen LogP contribution in [0.1, 0.15) is 41.3 Å². The first-order valence-electron chi connectivity index (χ1n) is 12.0. The lowest BCUT2D eigenvalue weighted by Gasteiger charge is -2.20. The van der Waals surface area contributed by atoms with Crippen LogP contribution in [0.25, 0.3) is 17.8 Å². The Hall–Kier alpha value is -2.76. The number of nitrogens with one attached hydrogen (secondary N) is 1. The fraction of sp³-hybridized carbons (Fsp3) is 0.207. The molecule has 4 nitrogen and oxygen atoms in total. The van der Waals surface area contributed by atoms with Gasteiger partial charge in [0.1, 0.15) is 12.4 Å². The second kappa shape index (κ2) is 11.5. The van der Waals surface area contributed by atoms with Crippen LogP contribution >= 0.6 is 34.8 Å². The lowest BCUT2D eigenvalue weighted by atomic mass is 9.94. The molecule has 0 atom stereocenters. The predicted octanol–water partition coefficient (Wildman–Crippen LogP) is 8.05. The number of piperidine rings is 1. The number of ether oxygens (including phenoxy) is 1. The van der Waals surface area contributed by atoms with Crippen molar-refractivity contribution in [2.45, 2.75) is 25.4 Å². The van der Waals surface area contributed by atoms with Gasteiger partial charge in [-0.05, 0) is 91.7 Å². The van der Waals surface area contributed by atoms with Gasteiger partial charge in [0.05, 0.1) is 27.1 Å². The maximum Gasteiger partial charge on any atom is 0.119 e. The SMILES string of the molecule is Clc1cccc(-n2nc(C3CCNCC3)cc2/C=C/c2ccc(OCc3ccc(Cl)c(Cl)c3)cc2)c1. The molecule has 1 saturated heterocycles. The molecule has 5 rings (SSSR count). The number of aromatic nitrogens is 2. The van der Waals surface area contributed by atoms with Crippen LogP contribution in [0.3, 0.4) is 0 Å². The van der Waals surface area contributed by atoms with Gasteiger partial charge in [0, 0.05) is 10.9 Å². The average molecular weight is 539 g/mol. The molecule has 0 aliphatic carbocycles. The summed E-state index contributed by atoms with van der Waals surface area (Å²) >= 11 is 18.4. The van der Waals surface area contributed by atoms with Crippen LogP contribution in [0.2, 0.25) is 15.1 Å². The van der Waals surface area contributed by atoms with E-state index in [0.29, 0.717) is 27.6 Å². The highest BCUT2D eigenvalue weighted by Crippen LogP contribution is 2.28. The maximum absolute atomic E-state index is 6.28. The molecular formula is C29H26Cl3N3O. The number of benzene rings is 3. The Bertz CT molecular complexity index is 1360. The summed E-state index contributed by atoms with van der Waals surface area (Å²) in [7, 11) is 0. The number of hydrogen-bond donors (Lipinski definition) is 1. The molecule has 0 unspecified atom stereocenters. The third kappa shape index (κ3) is 6.13. The van der Waals surface area contributed by atoms with Crippen LogP contribution in [-0.2, 0) is 6.61 Å². The average Bonchev–Trinajstić information content (AvgIpc) is 3.34. The number of hydrogen-bond acceptors (Lipinski definition) is 3. The van der Waals surface area contributed by atoms with E-state index in [1.165, 1.54) is 0 Å². The molecule has 1 aliphatic rings. The molecule has 3 aromatic carbocycles. The standard InChI is InChI=1S/C29H26Cl3N3O/c30-23-2-1-3-24(17-23)35-25(18-29(34-35)22-12-14-33-15-13-22)8-4-20-5-9-26(10-6-20)36-19-21-7-11-27(31)28(32)16-21/h1-11,16-18,22,33H,12-15,19H2/b8-4+. The van der Waals surface area contributed by atoms with Crippen LogP contribution in [0.4, 0.5) is 0 Å². The molecule has 36 heavy (non-hydrogen) atoms. The molecule has 4 aromatic rings. The van der Waals surface area contributed by atoms with E-state index in [0.717, 1.165) is 59.9 Å². The van der Waals surface area contributed by atoms with Gasteiger partial charge in [-0.1, -0.05) is 65.1 Å². The molecule has 1 N–H and O–H groups in total. The van der Waals surface area contributed by atoms with Crippen LogP contribution in [0.5, 0.6) is 5.75 Å². The topological polar surface area (TPSA) is 39.1 Å². The Morgan fingerprint density at radius 2 is 1.69 bits per heavy atom. The molecule has 0 amide bonds. The summed E-state index contributed by atoms with van der Waals surface area (Å²) in [5, 5.41) is 10.2. The van der Waals surface area contributed by atoms with Crippen molar-refractivity contribution in [3.05, 3.63) is 110 Å². The summed E-state index contributed by atoms with van der Waals surface area (Å²) in [6.07, 6.45) is 6.38. The predicted molar refractivity (Wildman–Crippen MR) is 150 cm³/mol. The molecule has 0 spiro atoms. The van der Waals surface area contributed by atoms with E-state index in [9.17, 15) is 0 Å². The molecule has 0 bridgehead atoms. The maximum atomic E-state index is 6.28. The zero-order chi connectivity index (χ0) is 24.9. The van der Waals surface area contributed by atoms with E-state index in [2.05, 4.69) is 23.5 Å². The Kier molecular flexibility index (Phi) is 7.98. The number of rotatable bonds is 7. The fourth-order valence-corrected chi connectivity index (χ4v) is 4.82. The Morgan fingerprint density at radius 3 is 2.44 bits per heavy atom. The fourth-order valence-electron chi connectivity index (χ4n) is 4.32. The van der Waals surface area contributed by atoms with Crippen LogP contribution < -0.4 is 10.1 Å².